The topological polar surface area (TPSA) is 64.6 Å². The average Bonchev–Trinajstić information content (AvgIpc) is 2.57. The van der Waals surface area contributed by atoms with Crippen molar-refractivity contribution in [1.29, 1.82) is 0 Å². The highest BCUT2D eigenvalue weighted by atomic mass is 35.5. The molecular formula is C18H18ClNO4. The van der Waals surface area contributed by atoms with Crippen LogP contribution in [0.4, 0.5) is 5.69 Å². The van der Waals surface area contributed by atoms with Crippen molar-refractivity contribution in [2.24, 2.45) is 0 Å². The fourth-order valence-electron chi connectivity index (χ4n) is 1.95. The van der Waals surface area contributed by atoms with E-state index in [-0.39, 0.29) is 5.91 Å². The van der Waals surface area contributed by atoms with Gasteiger partial charge in [-0.3, -0.25) is 4.79 Å². The number of benzene rings is 2. The first-order valence-corrected chi connectivity index (χ1v) is 7.88. The van der Waals surface area contributed by atoms with E-state index in [1.54, 1.807) is 62.4 Å². The zero-order valence-electron chi connectivity index (χ0n) is 13.4. The van der Waals surface area contributed by atoms with Gasteiger partial charge in [0.1, 0.15) is 5.75 Å². The van der Waals surface area contributed by atoms with Gasteiger partial charge in [0, 0.05) is 5.56 Å². The highest BCUT2D eigenvalue weighted by Gasteiger charge is 2.16. The first kappa shape index (κ1) is 17.8. The van der Waals surface area contributed by atoms with Gasteiger partial charge >= 0.3 is 5.97 Å². The van der Waals surface area contributed by atoms with Gasteiger partial charge in [-0.2, -0.15) is 0 Å². The van der Waals surface area contributed by atoms with E-state index < -0.39 is 12.1 Å². The molecule has 0 bridgehead atoms. The number of anilines is 1. The zero-order valence-corrected chi connectivity index (χ0v) is 14.2. The lowest BCUT2D eigenvalue weighted by Crippen LogP contribution is -2.26. The minimum Gasteiger partial charge on any atom is -0.479 e. The number of rotatable bonds is 6. The Kier molecular flexibility index (Phi) is 6.21. The third-order valence-electron chi connectivity index (χ3n) is 3.17. The predicted molar refractivity (Wildman–Crippen MR) is 92.6 cm³/mol. The van der Waals surface area contributed by atoms with Gasteiger partial charge in [-0.1, -0.05) is 23.7 Å². The van der Waals surface area contributed by atoms with Crippen LogP contribution in [-0.2, 0) is 9.53 Å². The molecule has 6 heteroatoms. The van der Waals surface area contributed by atoms with Crippen molar-refractivity contribution in [2.75, 3.05) is 11.9 Å². The Balaban J connectivity index is 2.00. The molecule has 0 heterocycles. The van der Waals surface area contributed by atoms with E-state index in [4.69, 9.17) is 21.1 Å². The first-order chi connectivity index (χ1) is 11.5. The van der Waals surface area contributed by atoms with Crippen LogP contribution in [0.3, 0.4) is 0 Å². The maximum atomic E-state index is 12.2. The van der Waals surface area contributed by atoms with Crippen LogP contribution in [0.1, 0.15) is 24.2 Å². The molecule has 1 unspecified atom stereocenters. The quantitative estimate of drug-likeness (QED) is 0.804. The van der Waals surface area contributed by atoms with Crippen LogP contribution >= 0.6 is 11.6 Å². The van der Waals surface area contributed by atoms with Gasteiger partial charge in [0.25, 0.3) is 5.91 Å². The summed E-state index contributed by atoms with van der Waals surface area (Å²) in [7, 11) is 0. The number of carbonyl (C=O) groups is 2. The van der Waals surface area contributed by atoms with E-state index >= 15 is 0 Å². The number of nitrogens with one attached hydrogen (secondary N) is 1. The molecule has 0 spiro atoms. The van der Waals surface area contributed by atoms with Crippen molar-refractivity contribution in [3.05, 3.63) is 59.1 Å². The summed E-state index contributed by atoms with van der Waals surface area (Å²) in [6.07, 6.45) is -0.715. The lowest BCUT2D eigenvalue weighted by Gasteiger charge is -2.13. The first-order valence-electron chi connectivity index (χ1n) is 7.50. The standard InChI is InChI=1S/C18H18ClNO4/c1-3-23-18(22)12(2)24-14-10-8-13(9-11-14)17(21)20-16-7-5-4-6-15(16)19/h4-12H,3H2,1-2H3,(H,20,21). The fourth-order valence-corrected chi connectivity index (χ4v) is 2.14. The number of hydrogen-bond acceptors (Lipinski definition) is 4. The van der Waals surface area contributed by atoms with Crippen molar-refractivity contribution in [3.63, 3.8) is 0 Å². The Morgan fingerprint density at radius 1 is 1.12 bits per heavy atom. The molecule has 1 N–H and O–H groups in total. The van der Waals surface area contributed by atoms with Crippen molar-refractivity contribution in [1.82, 2.24) is 0 Å². The number of hydrogen-bond donors (Lipinski definition) is 1. The maximum absolute atomic E-state index is 12.2. The molecule has 0 aromatic heterocycles. The monoisotopic (exact) mass is 347 g/mol. The smallest absolute Gasteiger partial charge is 0.347 e. The van der Waals surface area contributed by atoms with E-state index in [0.29, 0.717) is 28.6 Å². The Morgan fingerprint density at radius 2 is 1.79 bits per heavy atom. The van der Waals surface area contributed by atoms with Gasteiger partial charge in [0.05, 0.1) is 17.3 Å². The minimum atomic E-state index is -0.715. The molecule has 1 atom stereocenters. The Labute approximate surface area is 145 Å². The molecule has 0 saturated carbocycles. The lowest BCUT2D eigenvalue weighted by molar-refractivity contribution is -0.150. The number of halogens is 1. The van der Waals surface area contributed by atoms with Crippen LogP contribution in [0.2, 0.25) is 5.02 Å². The summed E-state index contributed by atoms with van der Waals surface area (Å²) in [6.45, 7) is 3.64. The fraction of sp³-hybridized carbons (Fsp3) is 0.222. The number of amides is 1. The molecule has 0 saturated heterocycles. The van der Waals surface area contributed by atoms with Gasteiger partial charge in [0.15, 0.2) is 6.10 Å². The van der Waals surface area contributed by atoms with Gasteiger partial charge < -0.3 is 14.8 Å². The second-order valence-corrected chi connectivity index (χ2v) is 5.38. The third-order valence-corrected chi connectivity index (χ3v) is 3.50. The molecule has 0 aliphatic rings. The lowest BCUT2D eigenvalue weighted by atomic mass is 10.2. The summed E-state index contributed by atoms with van der Waals surface area (Å²) in [4.78, 5) is 23.7. The van der Waals surface area contributed by atoms with Gasteiger partial charge in [0.2, 0.25) is 0 Å². The number of para-hydroxylation sites is 1. The molecule has 0 radical (unpaired) electrons. The van der Waals surface area contributed by atoms with Gasteiger partial charge in [-0.05, 0) is 50.2 Å². The van der Waals surface area contributed by atoms with Crippen molar-refractivity contribution in [2.45, 2.75) is 20.0 Å². The molecule has 0 aliphatic heterocycles. The van der Waals surface area contributed by atoms with Crippen molar-refractivity contribution in [3.8, 4) is 5.75 Å². The van der Waals surface area contributed by atoms with E-state index in [1.807, 2.05) is 0 Å². The van der Waals surface area contributed by atoms with Crippen molar-refractivity contribution >= 4 is 29.2 Å². The number of esters is 1. The van der Waals surface area contributed by atoms with Crippen LogP contribution in [0, 0.1) is 0 Å². The molecule has 0 fully saturated rings. The van der Waals surface area contributed by atoms with Crippen LogP contribution in [0.5, 0.6) is 5.75 Å². The van der Waals surface area contributed by atoms with E-state index in [0.717, 1.165) is 0 Å². The second kappa shape index (κ2) is 8.36. The maximum Gasteiger partial charge on any atom is 0.347 e. The molecule has 1 amide bonds. The zero-order chi connectivity index (χ0) is 17.5. The summed E-state index contributed by atoms with van der Waals surface area (Å²) in [6, 6.07) is 13.5. The minimum absolute atomic E-state index is 0.284. The summed E-state index contributed by atoms with van der Waals surface area (Å²) < 4.78 is 10.3. The van der Waals surface area contributed by atoms with E-state index in [1.165, 1.54) is 0 Å². The number of ether oxygens (including phenoxy) is 2. The third kappa shape index (κ3) is 4.73. The highest BCUT2D eigenvalue weighted by molar-refractivity contribution is 6.33. The van der Waals surface area contributed by atoms with E-state index in [9.17, 15) is 9.59 Å². The predicted octanol–water partition coefficient (Wildman–Crippen LogP) is 3.92. The molecule has 5 nitrogen and oxygen atoms in total. The summed E-state index contributed by atoms with van der Waals surface area (Å²) in [5.41, 5.74) is 0.992. The SMILES string of the molecule is CCOC(=O)C(C)Oc1ccc(C(=O)Nc2ccccc2Cl)cc1. The van der Waals surface area contributed by atoms with E-state index in [2.05, 4.69) is 5.32 Å². The second-order valence-electron chi connectivity index (χ2n) is 4.97. The van der Waals surface area contributed by atoms with Gasteiger partial charge in [-0.15, -0.1) is 0 Å². The number of carbonyl (C=O) groups excluding carboxylic acids is 2. The largest absolute Gasteiger partial charge is 0.479 e. The summed E-state index contributed by atoms with van der Waals surface area (Å²) in [5.74, 6) is -0.240. The highest BCUT2D eigenvalue weighted by Crippen LogP contribution is 2.22. The van der Waals surface area contributed by atoms with Crippen LogP contribution < -0.4 is 10.1 Å². The molecule has 24 heavy (non-hydrogen) atoms. The van der Waals surface area contributed by atoms with Crippen molar-refractivity contribution < 1.29 is 19.1 Å². The molecule has 2 rings (SSSR count). The van der Waals surface area contributed by atoms with Crippen LogP contribution in [0.25, 0.3) is 0 Å². The Hall–Kier alpha value is -2.53. The molecule has 2 aromatic rings. The molecule has 2 aromatic carbocycles. The normalized spacial score (nSPS) is 11.5. The summed E-state index contributed by atoms with van der Waals surface area (Å²) in [5, 5.41) is 3.20. The van der Waals surface area contributed by atoms with Crippen LogP contribution in [-0.4, -0.2) is 24.6 Å². The Bertz CT molecular complexity index is 715. The summed E-state index contributed by atoms with van der Waals surface area (Å²) >= 11 is 6.02. The Morgan fingerprint density at radius 3 is 2.42 bits per heavy atom. The van der Waals surface area contributed by atoms with Crippen LogP contribution in [0.15, 0.2) is 48.5 Å². The molecule has 126 valence electrons. The van der Waals surface area contributed by atoms with Gasteiger partial charge in [-0.25, -0.2) is 4.79 Å². The molecular weight excluding hydrogens is 330 g/mol. The molecule has 0 aliphatic carbocycles. The average molecular weight is 348 g/mol.